The van der Waals surface area contributed by atoms with E-state index in [9.17, 15) is 4.79 Å². The van der Waals surface area contributed by atoms with Gasteiger partial charge in [0.05, 0.1) is 0 Å². The Labute approximate surface area is 169 Å². The van der Waals surface area contributed by atoms with E-state index in [1.807, 2.05) is 6.07 Å². The molecule has 2 atom stereocenters. The summed E-state index contributed by atoms with van der Waals surface area (Å²) < 4.78 is 5.65. The van der Waals surface area contributed by atoms with E-state index in [1.165, 1.54) is 87.3 Å². The van der Waals surface area contributed by atoms with Crippen molar-refractivity contribution in [2.24, 2.45) is 0 Å². The van der Waals surface area contributed by atoms with E-state index >= 15 is 0 Å². The fourth-order valence-electron chi connectivity index (χ4n) is 5.39. The molecular weight excluding hydrogens is 350 g/mol. The quantitative estimate of drug-likeness (QED) is 0.774. The van der Waals surface area contributed by atoms with Crippen molar-refractivity contribution in [3.05, 3.63) is 29.3 Å². The van der Waals surface area contributed by atoms with Crippen molar-refractivity contribution in [2.45, 2.75) is 56.9 Å². The van der Waals surface area contributed by atoms with Gasteiger partial charge in [0.2, 0.25) is 0 Å². The average Bonchev–Trinajstić information content (AvgIpc) is 3.12. The standard InChI is InChI=1S/C23H35N3O2/c1-24(2)23(27)28-22-9-6-8-18-19-12-17-26(21(19)11-10-20(18)22)16-7-15-25-13-4-3-5-14-25/h6,8-9,19,21H,3-5,7,10-17H2,1-2H3. The monoisotopic (exact) mass is 385 g/mol. The SMILES string of the molecule is CN(C)C(=O)Oc1cccc2c1CCC1C2CCN1CCCN1CCCCC1. The number of benzene rings is 1. The van der Waals surface area contributed by atoms with Gasteiger partial charge in [0.1, 0.15) is 5.75 Å². The van der Waals surface area contributed by atoms with Gasteiger partial charge in [-0.2, -0.15) is 0 Å². The molecular formula is C23H35N3O2. The van der Waals surface area contributed by atoms with Crippen LogP contribution in [0.25, 0.3) is 0 Å². The van der Waals surface area contributed by atoms with Gasteiger partial charge in [0, 0.05) is 26.1 Å². The topological polar surface area (TPSA) is 36.0 Å². The van der Waals surface area contributed by atoms with Gasteiger partial charge in [-0.25, -0.2) is 4.79 Å². The summed E-state index contributed by atoms with van der Waals surface area (Å²) in [5.74, 6) is 1.36. The highest BCUT2D eigenvalue weighted by atomic mass is 16.6. The van der Waals surface area contributed by atoms with Gasteiger partial charge in [-0.05, 0) is 88.4 Å². The molecule has 0 radical (unpaired) electrons. The number of carbonyl (C=O) groups excluding carboxylic acids is 1. The Hall–Kier alpha value is -1.59. The lowest BCUT2D eigenvalue weighted by Gasteiger charge is -2.34. The number of nitrogens with zero attached hydrogens (tertiary/aromatic N) is 3. The molecule has 4 rings (SSSR count). The lowest BCUT2D eigenvalue weighted by atomic mass is 9.79. The van der Waals surface area contributed by atoms with E-state index < -0.39 is 0 Å². The highest BCUT2D eigenvalue weighted by molar-refractivity contribution is 5.70. The van der Waals surface area contributed by atoms with Crippen LogP contribution >= 0.6 is 0 Å². The highest BCUT2D eigenvalue weighted by Crippen LogP contribution is 2.44. The average molecular weight is 386 g/mol. The first-order valence-electron chi connectivity index (χ1n) is 11.1. The molecule has 2 fully saturated rings. The molecule has 2 saturated heterocycles. The van der Waals surface area contributed by atoms with E-state index in [-0.39, 0.29) is 6.09 Å². The lowest BCUT2D eigenvalue weighted by Crippen LogP contribution is -2.38. The van der Waals surface area contributed by atoms with Crippen molar-refractivity contribution < 1.29 is 9.53 Å². The first-order chi connectivity index (χ1) is 13.6. The predicted molar refractivity (Wildman–Crippen MR) is 112 cm³/mol. The minimum Gasteiger partial charge on any atom is -0.410 e. The number of likely N-dealkylation sites (tertiary alicyclic amines) is 2. The normalized spacial score (nSPS) is 25.2. The number of fused-ring (bicyclic) bond motifs is 3. The smallest absolute Gasteiger partial charge is 0.410 e. The molecule has 2 unspecified atom stereocenters. The van der Waals surface area contributed by atoms with Crippen LogP contribution < -0.4 is 4.74 Å². The maximum atomic E-state index is 12.0. The molecule has 28 heavy (non-hydrogen) atoms. The molecule has 1 aromatic rings. The molecule has 0 saturated carbocycles. The predicted octanol–water partition coefficient (Wildman–Crippen LogP) is 3.73. The van der Waals surface area contributed by atoms with Crippen molar-refractivity contribution in [1.82, 2.24) is 14.7 Å². The number of amides is 1. The van der Waals surface area contributed by atoms with E-state index in [0.29, 0.717) is 12.0 Å². The van der Waals surface area contributed by atoms with E-state index in [4.69, 9.17) is 4.74 Å². The fraction of sp³-hybridized carbons (Fsp3) is 0.696. The minimum absolute atomic E-state index is 0.290. The van der Waals surface area contributed by atoms with Gasteiger partial charge in [0.25, 0.3) is 0 Å². The largest absolute Gasteiger partial charge is 0.414 e. The van der Waals surface area contributed by atoms with Crippen molar-refractivity contribution in [3.8, 4) is 5.75 Å². The summed E-state index contributed by atoms with van der Waals surface area (Å²) in [6, 6.07) is 6.93. The molecule has 2 aliphatic heterocycles. The zero-order valence-electron chi connectivity index (χ0n) is 17.5. The second-order valence-corrected chi connectivity index (χ2v) is 8.88. The minimum atomic E-state index is -0.290. The summed E-state index contributed by atoms with van der Waals surface area (Å²) in [5.41, 5.74) is 2.67. The first kappa shape index (κ1) is 19.7. The zero-order chi connectivity index (χ0) is 19.5. The maximum Gasteiger partial charge on any atom is 0.414 e. The molecule has 0 spiro atoms. The summed E-state index contributed by atoms with van der Waals surface area (Å²) in [4.78, 5) is 18.9. The van der Waals surface area contributed by atoms with Crippen LogP contribution in [-0.4, -0.2) is 73.7 Å². The summed E-state index contributed by atoms with van der Waals surface area (Å²) >= 11 is 0. The van der Waals surface area contributed by atoms with E-state index in [2.05, 4.69) is 21.9 Å². The number of piperidine rings is 1. The molecule has 1 aromatic carbocycles. The fourth-order valence-corrected chi connectivity index (χ4v) is 5.39. The molecule has 0 aromatic heterocycles. The zero-order valence-corrected chi connectivity index (χ0v) is 17.5. The van der Waals surface area contributed by atoms with Crippen molar-refractivity contribution >= 4 is 6.09 Å². The molecule has 5 heteroatoms. The van der Waals surface area contributed by atoms with Crippen LogP contribution in [0.15, 0.2) is 18.2 Å². The Morgan fingerprint density at radius 1 is 1.11 bits per heavy atom. The third kappa shape index (κ3) is 4.20. The van der Waals surface area contributed by atoms with Crippen molar-refractivity contribution in [3.63, 3.8) is 0 Å². The molecule has 3 aliphatic rings. The maximum absolute atomic E-state index is 12.0. The molecule has 5 nitrogen and oxygen atoms in total. The van der Waals surface area contributed by atoms with Gasteiger partial charge in [-0.3, -0.25) is 4.90 Å². The van der Waals surface area contributed by atoms with Gasteiger partial charge in [-0.1, -0.05) is 18.6 Å². The van der Waals surface area contributed by atoms with Crippen LogP contribution in [-0.2, 0) is 6.42 Å². The molecule has 2 heterocycles. The molecule has 0 bridgehead atoms. The number of carbonyl (C=O) groups is 1. The van der Waals surface area contributed by atoms with Crippen LogP contribution in [0.5, 0.6) is 5.75 Å². The Balaban J connectivity index is 1.37. The molecule has 154 valence electrons. The van der Waals surface area contributed by atoms with Gasteiger partial charge < -0.3 is 14.5 Å². The van der Waals surface area contributed by atoms with Crippen LogP contribution in [0.4, 0.5) is 4.79 Å². The first-order valence-corrected chi connectivity index (χ1v) is 11.1. The second-order valence-electron chi connectivity index (χ2n) is 8.88. The number of hydrogen-bond acceptors (Lipinski definition) is 4. The second kappa shape index (κ2) is 8.83. The third-order valence-corrected chi connectivity index (χ3v) is 6.85. The Bertz CT molecular complexity index is 684. The summed E-state index contributed by atoms with van der Waals surface area (Å²) in [6.45, 7) is 6.29. The van der Waals surface area contributed by atoms with Crippen LogP contribution in [0, 0.1) is 0 Å². The van der Waals surface area contributed by atoms with Crippen molar-refractivity contribution in [1.29, 1.82) is 0 Å². The third-order valence-electron chi connectivity index (χ3n) is 6.85. The van der Waals surface area contributed by atoms with E-state index in [1.54, 1.807) is 14.1 Å². The van der Waals surface area contributed by atoms with Gasteiger partial charge in [-0.15, -0.1) is 0 Å². The van der Waals surface area contributed by atoms with E-state index in [0.717, 1.165) is 12.2 Å². The summed E-state index contributed by atoms with van der Waals surface area (Å²) in [6.07, 6.45) is 8.59. The number of ether oxygens (including phenoxy) is 1. The summed E-state index contributed by atoms with van der Waals surface area (Å²) in [5, 5.41) is 0. The van der Waals surface area contributed by atoms with Crippen molar-refractivity contribution in [2.75, 3.05) is 46.8 Å². The highest BCUT2D eigenvalue weighted by Gasteiger charge is 2.39. The summed E-state index contributed by atoms with van der Waals surface area (Å²) in [7, 11) is 3.46. The Morgan fingerprint density at radius 3 is 2.71 bits per heavy atom. The number of rotatable bonds is 5. The molecule has 0 N–H and O–H groups in total. The molecule has 1 amide bonds. The lowest BCUT2D eigenvalue weighted by molar-refractivity contribution is 0.170. The van der Waals surface area contributed by atoms with Gasteiger partial charge >= 0.3 is 6.09 Å². The Kier molecular flexibility index (Phi) is 6.22. The Morgan fingerprint density at radius 2 is 1.93 bits per heavy atom. The van der Waals surface area contributed by atoms with Gasteiger partial charge in [0.15, 0.2) is 0 Å². The molecule has 1 aliphatic carbocycles. The van der Waals surface area contributed by atoms with Crippen LogP contribution in [0.1, 0.15) is 55.6 Å². The number of hydrogen-bond donors (Lipinski definition) is 0. The van der Waals surface area contributed by atoms with Crippen LogP contribution in [0.3, 0.4) is 0 Å². The van der Waals surface area contributed by atoms with Crippen LogP contribution in [0.2, 0.25) is 0 Å².